The number of hydrogen-bond donors (Lipinski definition) is 2. The quantitative estimate of drug-likeness (QED) is 0.811. The summed E-state index contributed by atoms with van der Waals surface area (Å²) in [5.41, 5.74) is -2.57. The van der Waals surface area contributed by atoms with Crippen molar-refractivity contribution < 1.29 is 28.2 Å². The molecule has 3 nitrogen and oxygen atoms in total. The van der Waals surface area contributed by atoms with Crippen molar-refractivity contribution in [3.63, 3.8) is 0 Å². The van der Waals surface area contributed by atoms with Crippen LogP contribution in [0.5, 0.6) is 0 Å². The summed E-state index contributed by atoms with van der Waals surface area (Å²) >= 11 is 0. The van der Waals surface area contributed by atoms with Gasteiger partial charge in [-0.3, -0.25) is 4.79 Å². The van der Waals surface area contributed by atoms with Crippen LogP contribution in [0.3, 0.4) is 0 Å². The SMILES string of the molecule is O=C(O)CCCC1CCCC(O)(C(F)(F)F)C1. The summed E-state index contributed by atoms with van der Waals surface area (Å²) in [7, 11) is 0. The second-order valence-corrected chi connectivity index (χ2v) is 4.78. The number of aliphatic carboxylic acids is 1. The van der Waals surface area contributed by atoms with Gasteiger partial charge < -0.3 is 10.2 Å². The summed E-state index contributed by atoms with van der Waals surface area (Å²) in [5, 5.41) is 18.0. The molecule has 1 rings (SSSR count). The summed E-state index contributed by atoms with van der Waals surface area (Å²) in [6, 6.07) is 0. The second-order valence-electron chi connectivity index (χ2n) is 4.78. The molecule has 0 aromatic heterocycles. The summed E-state index contributed by atoms with van der Waals surface area (Å²) in [4.78, 5) is 10.3. The molecule has 6 heteroatoms. The Balaban J connectivity index is 2.46. The zero-order chi connectivity index (χ0) is 13.1. The van der Waals surface area contributed by atoms with E-state index in [2.05, 4.69) is 0 Å². The highest BCUT2D eigenvalue weighted by Crippen LogP contribution is 2.44. The fourth-order valence-electron chi connectivity index (χ4n) is 2.41. The molecule has 2 unspecified atom stereocenters. The lowest BCUT2D eigenvalue weighted by Gasteiger charge is -2.38. The molecule has 0 aromatic carbocycles. The number of carbonyl (C=O) groups is 1. The van der Waals surface area contributed by atoms with Gasteiger partial charge in [0.25, 0.3) is 0 Å². The third-order valence-electron chi connectivity index (χ3n) is 3.36. The van der Waals surface area contributed by atoms with E-state index in [9.17, 15) is 23.1 Å². The fourth-order valence-corrected chi connectivity index (χ4v) is 2.41. The lowest BCUT2D eigenvalue weighted by molar-refractivity contribution is -0.274. The van der Waals surface area contributed by atoms with Crippen molar-refractivity contribution in [1.82, 2.24) is 0 Å². The van der Waals surface area contributed by atoms with E-state index in [1.165, 1.54) is 0 Å². The minimum Gasteiger partial charge on any atom is -0.481 e. The van der Waals surface area contributed by atoms with Gasteiger partial charge in [-0.15, -0.1) is 0 Å². The van der Waals surface area contributed by atoms with E-state index in [1.807, 2.05) is 0 Å². The summed E-state index contributed by atoms with van der Waals surface area (Å²) in [6.45, 7) is 0. The van der Waals surface area contributed by atoms with E-state index < -0.39 is 17.7 Å². The van der Waals surface area contributed by atoms with Crippen LogP contribution in [-0.2, 0) is 4.79 Å². The molecule has 2 atom stereocenters. The van der Waals surface area contributed by atoms with E-state index >= 15 is 0 Å². The van der Waals surface area contributed by atoms with Gasteiger partial charge in [0.05, 0.1) is 0 Å². The highest BCUT2D eigenvalue weighted by Gasteiger charge is 2.55. The van der Waals surface area contributed by atoms with Crippen LogP contribution >= 0.6 is 0 Å². The Morgan fingerprint density at radius 2 is 2.06 bits per heavy atom. The van der Waals surface area contributed by atoms with Gasteiger partial charge in [0, 0.05) is 6.42 Å². The molecule has 0 bridgehead atoms. The van der Waals surface area contributed by atoms with Crippen molar-refractivity contribution in [2.75, 3.05) is 0 Å². The first kappa shape index (κ1) is 14.3. The van der Waals surface area contributed by atoms with E-state index in [1.54, 1.807) is 0 Å². The van der Waals surface area contributed by atoms with Gasteiger partial charge in [-0.25, -0.2) is 0 Å². The van der Waals surface area contributed by atoms with Crippen molar-refractivity contribution in [3.8, 4) is 0 Å². The van der Waals surface area contributed by atoms with Gasteiger partial charge in [-0.05, 0) is 38.0 Å². The first-order valence-corrected chi connectivity index (χ1v) is 5.75. The minimum absolute atomic E-state index is 0.0268. The van der Waals surface area contributed by atoms with E-state index in [4.69, 9.17) is 5.11 Å². The van der Waals surface area contributed by atoms with Crippen molar-refractivity contribution in [3.05, 3.63) is 0 Å². The molecule has 0 radical (unpaired) electrons. The van der Waals surface area contributed by atoms with Crippen molar-refractivity contribution >= 4 is 5.97 Å². The number of hydrogen-bond acceptors (Lipinski definition) is 2. The molecule has 1 saturated carbocycles. The maximum Gasteiger partial charge on any atom is 0.417 e. The molecular weight excluding hydrogens is 237 g/mol. The van der Waals surface area contributed by atoms with Gasteiger partial charge in [0.15, 0.2) is 5.60 Å². The van der Waals surface area contributed by atoms with E-state index in [0.717, 1.165) is 0 Å². The van der Waals surface area contributed by atoms with Crippen LogP contribution in [0.15, 0.2) is 0 Å². The Labute approximate surface area is 97.6 Å². The monoisotopic (exact) mass is 254 g/mol. The zero-order valence-electron chi connectivity index (χ0n) is 9.46. The Hall–Kier alpha value is -0.780. The lowest BCUT2D eigenvalue weighted by atomic mass is 9.76. The smallest absolute Gasteiger partial charge is 0.417 e. The molecule has 1 aliphatic rings. The third kappa shape index (κ3) is 3.87. The summed E-state index contributed by atoms with van der Waals surface area (Å²) < 4.78 is 37.8. The second kappa shape index (κ2) is 5.25. The van der Waals surface area contributed by atoms with Crippen LogP contribution in [0.2, 0.25) is 0 Å². The topological polar surface area (TPSA) is 57.5 Å². The van der Waals surface area contributed by atoms with E-state index in [0.29, 0.717) is 25.7 Å². The maximum absolute atomic E-state index is 12.6. The fraction of sp³-hybridized carbons (Fsp3) is 0.909. The molecule has 17 heavy (non-hydrogen) atoms. The normalized spacial score (nSPS) is 30.2. The molecule has 0 spiro atoms. The van der Waals surface area contributed by atoms with Gasteiger partial charge in [-0.1, -0.05) is 6.42 Å². The molecule has 100 valence electrons. The van der Waals surface area contributed by atoms with Crippen LogP contribution in [0, 0.1) is 5.92 Å². The Bertz CT molecular complexity index is 278. The maximum atomic E-state index is 12.6. The minimum atomic E-state index is -4.58. The molecule has 2 N–H and O–H groups in total. The average molecular weight is 254 g/mol. The molecular formula is C11H17F3O3. The first-order valence-electron chi connectivity index (χ1n) is 5.75. The average Bonchev–Trinajstić information content (AvgIpc) is 2.15. The van der Waals surface area contributed by atoms with Crippen LogP contribution in [0.1, 0.15) is 44.9 Å². The molecule has 0 saturated heterocycles. The predicted molar refractivity (Wildman–Crippen MR) is 54.4 cm³/mol. The molecule has 0 heterocycles. The van der Waals surface area contributed by atoms with Crippen LogP contribution in [-0.4, -0.2) is 28.0 Å². The molecule has 1 fully saturated rings. The van der Waals surface area contributed by atoms with Crippen LogP contribution in [0.25, 0.3) is 0 Å². The number of carboxylic acid groups (broad SMARTS) is 1. The highest BCUT2D eigenvalue weighted by molar-refractivity contribution is 5.66. The Morgan fingerprint density at radius 1 is 1.41 bits per heavy atom. The predicted octanol–water partition coefficient (Wildman–Crippen LogP) is 2.72. The van der Waals surface area contributed by atoms with Gasteiger partial charge >= 0.3 is 12.1 Å². The first-order chi connectivity index (χ1) is 7.74. The number of carboxylic acids is 1. The molecule has 0 amide bonds. The highest BCUT2D eigenvalue weighted by atomic mass is 19.4. The standard InChI is InChI=1S/C11H17F3O3/c12-11(13,14)10(17)6-2-4-8(7-10)3-1-5-9(15)16/h8,17H,1-7H2,(H,15,16). The number of halogens is 3. The Morgan fingerprint density at radius 3 is 2.59 bits per heavy atom. The van der Waals surface area contributed by atoms with Crippen molar-refractivity contribution in [1.29, 1.82) is 0 Å². The number of rotatable bonds is 4. The summed E-state index contributed by atoms with van der Waals surface area (Å²) in [5.74, 6) is -1.17. The largest absolute Gasteiger partial charge is 0.481 e. The lowest BCUT2D eigenvalue weighted by Crippen LogP contribution is -2.48. The molecule has 0 aromatic rings. The zero-order valence-corrected chi connectivity index (χ0v) is 9.46. The number of alkyl halides is 3. The third-order valence-corrected chi connectivity index (χ3v) is 3.36. The molecule has 1 aliphatic carbocycles. The summed E-state index contributed by atoms with van der Waals surface area (Å²) in [6.07, 6.45) is -3.37. The van der Waals surface area contributed by atoms with Crippen LogP contribution < -0.4 is 0 Å². The van der Waals surface area contributed by atoms with Gasteiger partial charge in [0.1, 0.15) is 0 Å². The van der Waals surface area contributed by atoms with Crippen LogP contribution in [0.4, 0.5) is 13.2 Å². The van der Waals surface area contributed by atoms with Gasteiger partial charge in [0.2, 0.25) is 0 Å². The van der Waals surface area contributed by atoms with Crippen molar-refractivity contribution in [2.45, 2.75) is 56.7 Å². The number of aliphatic hydroxyl groups is 1. The van der Waals surface area contributed by atoms with Crippen molar-refractivity contribution in [2.24, 2.45) is 5.92 Å². The van der Waals surface area contributed by atoms with E-state index in [-0.39, 0.29) is 25.2 Å². The van der Waals surface area contributed by atoms with Gasteiger partial charge in [-0.2, -0.15) is 13.2 Å². The molecule has 0 aliphatic heterocycles. The Kier molecular flexibility index (Phi) is 4.41.